The number of benzene rings is 1. The topological polar surface area (TPSA) is 82.5 Å². The van der Waals surface area contributed by atoms with Crippen molar-refractivity contribution in [2.75, 3.05) is 6.73 Å². The Hall–Kier alpha value is -2.11. The van der Waals surface area contributed by atoms with Gasteiger partial charge in [0.05, 0.1) is 0 Å². The van der Waals surface area contributed by atoms with E-state index in [1.165, 1.54) is 12.3 Å². The maximum absolute atomic E-state index is 11.5. The first-order valence-corrected chi connectivity index (χ1v) is 5.83. The number of aliphatic hydroxyl groups is 1. The summed E-state index contributed by atoms with van der Waals surface area (Å²) in [5, 5.41) is 21.1. The molecule has 5 nitrogen and oxygen atoms in total. The monoisotopic (exact) mass is 278 g/mol. The van der Waals surface area contributed by atoms with Crippen molar-refractivity contribution in [2.24, 2.45) is 0 Å². The largest absolute Gasteiger partial charge is 0.505 e. The van der Waals surface area contributed by atoms with E-state index in [2.05, 4.69) is 10.3 Å². The van der Waals surface area contributed by atoms with Crippen molar-refractivity contribution in [1.29, 1.82) is 0 Å². The van der Waals surface area contributed by atoms with Gasteiger partial charge in [-0.25, -0.2) is 4.98 Å². The highest BCUT2D eigenvalue weighted by molar-refractivity contribution is 6.30. The second-order valence-corrected chi connectivity index (χ2v) is 4.20. The van der Waals surface area contributed by atoms with Gasteiger partial charge in [0.1, 0.15) is 12.5 Å². The number of hydrogen-bond acceptors (Lipinski definition) is 4. The molecule has 19 heavy (non-hydrogen) atoms. The fourth-order valence-corrected chi connectivity index (χ4v) is 1.80. The SMILES string of the molecule is O=C(NCO)c1ncc(-c2cccc(Cl)c2)cc1O. The number of nitrogens with one attached hydrogen (secondary N) is 1. The molecular weight excluding hydrogens is 268 g/mol. The van der Waals surface area contributed by atoms with Crippen LogP contribution in [0.4, 0.5) is 0 Å². The zero-order valence-corrected chi connectivity index (χ0v) is 10.6. The van der Waals surface area contributed by atoms with E-state index in [9.17, 15) is 9.90 Å². The number of rotatable bonds is 3. The fourth-order valence-electron chi connectivity index (χ4n) is 1.61. The summed E-state index contributed by atoms with van der Waals surface area (Å²) in [5.41, 5.74) is 1.28. The highest BCUT2D eigenvalue weighted by Crippen LogP contribution is 2.26. The Morgan fingerprint density at radius 1 is 1.32 bits per heavy atom. The number of amides is 1. The van der Waals surface area contributed by atoms with Crippen LogP contribution in [0.2, 0.25) is 5.02 Å². The summed E-state index contributed by atoms with van der Waals surface area (Å²) in [6, 6.07) is 8.48. The Labute approximate surface area is 114 Å². The van der Waals surface area contributed by atoms with Crippen molar-refractivity contribution >= 4 is 17.5 Å². The molecule has 0 aliphatic carbocycles. The first kappa shape index (κ1) is 13.3. The number of aromatic nitrogens is 1. The van der Waals surface area contributed by atoms with Crippen molar-refractivity contribution in [3.63, 3.8) is 0 Å². The van der Waals surface area contributed by atoms with Crippen LogP contribution in [0.15, 0.2) is 36.5 Å². The van der Waals surface area contributed by atoms with E-state index in [1.807, 2.05) is 6.07 Å². The second-order valence-electron chi connectivity index (χ2n) is 3.77. The van der Waals surface area contributed by atoms with Gasteiger partial charge < -0.3 is 15.5 Å². The van der Waals surface area contributed by atoms with Crippen molar-refractivity contribution < 1.29 is 15.0 Å². The van der Waals surface area contributed by atoms with Gasteiger partial charge in [0.25, 0.3) is 5.91 Å². The highest BCUT2D eigenvalue weighted by Gasteiger charge is 2.13. The summed E-state index contributed by atoms with van der Waals surface area (Å²) < 4.78 is 0. The van der Waals surface area contributed by atoms with Gasteiger partial charge in [-0.3, -0.25) is 4.79 Å². The van der Waals surface area contributed by atoms with E-state index in [0.29, 0.717) is 10.6 Å². The predicted octanol–water partition coefficient (Wildman–Crippen LogP) is 1.79. The first-order chi connectivity index (χ1) is 9.11. The zero-order chi connectivity index (χ0) is 13.8. The standard InChI is InChI=1S/C13H11ClN2O3/c14-10-3-1-2-8(4-10)9-5-11(18)12(15-6-9)13(19)16-7-17/h1-6,17-18H,7H2,(H,16,19). The van der Waals surface area contributed by atoms with Gasteiger partial charge >= 0.3 is 0 Å². The molecule has 1 aromatic carbocycles. The molecule has 0 saturated carbocycles. The number of pyridine rings is 1. The third-order valence-electron chi connectivity index (χ3n) is 2.48. The molecule has 0 atom stereocenters. The van der Waals surface area contributed by atoms with Crippen LogP contribution < -0.4 is 5.32 Å². The van der Waals surface area contributed by atoms with Crippen LogP contribution in [0.3, 0.4) is 0 Å². The summed E-state index contributed by atoms with van der Waals surface area (Å²) in [6.07, 6.45) is 1.46. The molecule has 0 fully saturated rings. The maximum atomic E-state index is 11.5. The molecule has 2 aromatic rings. The molecule has 1 heterocycles. The number of carbonyl (C=O) groups excluding carboxylic acids is 1. The van der Waals surface area contributed by atoms with Crippen LogP contribution >= 0.6 is 11.6 Å². The summed E-state index contributed by atoms with van der Waals surface area (Å²) in [4.78, 5) is 15.3. The lowest BCUT2D eigenvalue weighted by Gasteiger charge is -2.06. The molecule has 0 aliphatic heterocycles. The van der Waals surface area contributed by atoms with E-state index in [4.69, 9.17) is 16.7 Å². The molecule has 0 bridgehead atoms. The minimum atomic E-state index is -0.641. The van der Waals surface area contributed by atoms with E-state index in [1.54, 1.807) is 18.2 Å². The first-order valence-electron chi connectivity index (χ1n) is 5.46. The lowest BCUT2D eigenvalue weighted by atomic mass is 10.1. The van der Waals surface area contributed by atoms with Crippen LogP contribution in [0.25, 0.3) is 11.1 Å². The van der Waals surface area contributed by atoms with Crippen LogP contribution in [-0.4, -0.2) is 27.8 Å². The highest BCUT2D eigenvalue weighted by atomic mass is 35.5. The van der Waals surface area contributed by atoms with Gasteiger partial charge in [0, 0.05) is 16.8 Å². The quantitative estimate of drug-likeness (QED) is 0.748. The molecule has 0 radical (unpaired) electrons. The van der Waals surface area contributed by atoms with Crippen molar-refractivity contribution in [3.05, 3.63) is 47.2 Å². The molecule has 0 saturated heterocycles. The molecule has 6 heteroatoms. The Kier molecular flexibility index (Phi) is 3.99. The third-order valence-corrected chi connectivity index (χ3v) is 2.72. The summed E-state index contributed by atoms with van der Waals surface area (Å²) in [7, 11) is 0. The molecule has 98 valence electrons. The maximum Gasteiger partial charge on any atom is 0.275 e. The Morgan fingerprint density at radius 2 is 2.11 bits per heavy atom. The normalized spacial score (nSPS) is 10.2. The minimum Gasteiger partial charge on any atom is -0.505 e. The fraction of sp³-hybridized carbons (Fsp3) is 0.0769. The van der Waals surface area contributed by atoms with Gasteiger partial charge in [0.2, 0.25) is 0 Å². The second kappa shape index (κ2) is 5.69. The number of aliphatic hydroxyl groups excluding tert-OH is 1. The van der Waals surface area contributed by atoms with E-state index in [-0.39, 0.29) is 11.4 Å². The average Bonchev–Trinajstić information content (AvgIpc) is 2.38. The molecule has 2 rings (SSSR count). The van der Waals surface area contributed by atoms with Crippen LogP contribution in [0.1, 0.15) is 10.5 Å². The smallest absolute Gasteiger partial charge is 0.275 e. The predicted molar refractivity (Wildman–Crippen MR) is 70.9 cm³/mol. The average molecular weight is 279 g/mol. The van der Waals surface area contributed by atoms with Crippen LogP contribution in [0, 0.1) is 0 Å². The van der Waals surface area contributed by atoms with Crippen LogP contribution in [-0.2, 0) is 0 Å². The van der Waals surface area contributed by atoms with Gasteiger partial charge in [-0.2, -0.15) is 0 Å². The Balaban J connectivity index is 2.36. The number of nitrogens with zero attached hydrogens (tertiary/aromatic N) is 1. The van der Waals surface area contributed by atoms with Crippen molar-refractivity contribution in [1.82, 2.24) is 10.3 Å². The van der Waals surface area contributed by atoms with Crippen molar-refractivity contribution in [2.45, 2.75) is 0 Å². The van der Waals surface area contributed by atoms with E-state index >= 15 is 0 Å². The number of halogens is 1. The van der Waals surface area contributed by atoms with Crippen LogP contribution in [0.5, 0.6) is 5.75 Å². The van der Waals surface area contributed by atoms with E-state index < -0.39 is 12.6 Å². The van der Waals surface area contributed by atoms with Crippen molar-refractivity contribution in [3.8, 4) is 16.9 Å². The summed E-state index contributed by atoms with van der Waals surface area (Å²) >= 11 is 5.88. The summed E-state index contributed by atoms with van der Waals surface area (Å²) in [5.74, 6) is -0.902. The molecule has 1 aromatic heterocycles. The minimum absolute atomic E-state index is 0.139. The van der Waals surface area contributed by atoms with Gasteiger partial charge in [-0.05, 0) is 23.8 Å². The number of hydrogen-bond donors (Lipinski definition) is 3. The number of aromatic hydroxyl groups is 1. The van der Waals surface area contributed by atoms with Gasteiger partial charge in [-0.15, -0.1) is 0 Å². The lowest BCUT2D eigenvalue weighted by molar-refractivity contribution is 0.0902. The molecule has 0 aliphatic rings. The van der Waals surface area contributed by atoms with Gasteiger partial charge in [-0.1, -0.05) is 23.7 Å². The molecule has 3 N–H and O–H groups in total. The Morgan fingerprint density at radius 3 is 2.74 bits per heavy atom. The third kappa shape index (κ3) is 3.01. The lowest BCUT2D eigenvalue weighted by Crippen LogP contribution is -2.25. The van der Waals surface area contributed by atoms with E-state index in [0.717, 1.165) is 5.56 Å². The number of carbonyl (C=O) groups is 1. The molecular formula is C13H11ClN2O3. The molecule has 0 spiro atoms. The molecule has 1 amide bonds. The zero-order valence-electron chi connectivity index (χ0n) is 9.80. The van der Waals surface area contributed by atoms with Gasteiger partial charge in [0.15, 0.2) is 5.69 Å². The Bertz CT molecular complexity index is 617. The summed E-state index contributed by atoms with van der Waals surface area (Å²) in [6.45, 7) is -0.518. The molecule has 0 unspecified atom stereocenters.